The van der Waals surface area contributed by atoms with Crippen LogP contribution in [0.4, 0.5) is 10.1 Å². The van der Waals surface area contributed by atoms with Gasteiger partial charge in [0, 0.05) is 5.69 Å². The number of hydrogen-bond acceptors (Lipinski definition) is 4. The minimum absolute atomic E-state index is 0.0691. The maximum absolute atomic E-state index is 13.3. The van der Waals surface area contributed by atoms with E-state index in [-0.39, 0.29) is 16.6 Å². The van der Waals surface area contributed by atoms with E-state index in [1.807, 2.05) is 32.9 Å². The topological polar surface area (TPSA) is 64.1 Å². The summed E-state index contributed by atoms with van der Waals surface area (Å²) in [5.74, 6) is -0.896. The van der Waals surface area contributed by atoms with Gasteiger partial charge in [-0.3, -0.25) is 4.79 Å². The number of aromatic nitrogens is 2. The molecule has 1 aromatic heterocycles. The second-order valence-electron chi connectivity index (χ2n) is 6.23. The third-order valence-corrected chi connectivity index (χ3v) is 4.37. The molecule has 140 valence electrons. The number of carbonyl (C=O) groups is 1. The Balaban J connectivity index is 2.02. The Hall–Kier alpha value is -2.73. The highest BCUT2D eigenvalue weighted by molar-refractivity contribution is 6.31. The lowest BCUT2D eigenvalue weighted by Crippen LogP contribution is -2.17. The van der Waals surface area contributed by atoms with Crippen LogP contribution in [0.1, 0.15) is 35.0 Å². The van der Waals surface area contributed by atoms with Crippen LogP contribution >= 0.6 is 11.6 Å². The van der Waals surface area contributed by atoms with Crippen molar-refractivity contribution in [2.45, 2.75) is 27.2 Å². The Morgan fingerprint density at radius 2 is 1.81 bits per heavy atom. The van der Waals surface area contributed by atoms with Crippen LogP contribution in [0.5, 0.6) is 5.88 Å². The van der Waals surface area contributed by atoms with Crippen LogP contribution in [0.15, 0.2) is 30.3 Å². The number of aryl methyl sites for hydroxylation is 2. The summed E-state index contributed by atoms with van der Waals surface area (Å²) in [5.41, 5.74) is 3.82. The molecule has 0 unspecified atom stereocenters. The van der Waals surface area contributed by atoms with Crippen LogP contribution in [-0.2, 0) is 0 Å². The molecule has 1 heterocycles. The molecule has 27 heavy (non-hydrogen) atoms. The average molecular weight is 388 g/mol. The summed E-state index contributed by atoms with van der Waals surface area (Å²) in [6.45, 7) is 6.33. The summed E-state index contributed by atoms with van der Waals surface area (Å²) in [7, 11) is 0. The number of nitrogens with zero attached hydrogens (tertiary/aromatic N) is 2. The van der Waals surface area contributed by atoms with Gasteiger partial charge in [0.15, 0.2) is 5.69 Å². The fourth-order valence-corrected chi connectivity index (χ4v) is 2.69. The van der Waals surface area contributed by atoms with Gasteiger partial charge in [-0.05, 0) is 61.7 Å². The van der Waals surface area contributed by atoms with Crippen molar-refractivity contribution < 1.29 is 13.9 Å². The molecular formula is C20H19ClFN3O2. The fraction of sp³-hybridized carbons (Fsp3) is 0.250. The fourth-order valence-electron chi connectivity index (χ4n) is 2.51. The predicted octanol–water partition coefficient (Wildman–Crippen LogP) is 5.08. The third kappa shape index (κ3) is 4.17. The second kappa shape index (κ2) is 7.88. The van der Waals surface area contributed by atoms with Gasteiger partial charge in [0.25, 0.3) is 5.91 Å². The van der Waals surface area contributed by atoms with Crippen LogP contribution in [0.3, 0.4) is 0 Å². The molecule has 7 heteroatoms. The van der Waals surface area contributed by atoms with E-state index >= 15 is 0 Å². The largest absolute Gasteiger partial charge is 0.476 e. The number of fused-ring (bicyclic) bond motifs is 1. The van der Waals surface area contributed by atoms with E-state index in [9.17, 15) is 9.18 Å². The van der Waals surface area contributed by atoms with E-state index in [0.717, 1.165) is 17.5 Å². The van der Waals surface area contributed by atoms with E-state index in [0.29, 0.717) is 23.3 Å². The molecule has 0 saturated carbocycles. The number of ether oxygens (including phenoxy) is 1. The Morgan fingerprint density at radius 3 is 2.44 bits per heavy atom. The number of amides is 1. The third-order valence-electron chi connectivity index (χ3n) is 4.08. The molecule has 0 radical (unpaired) electrons. The number of carbonyl (C=O) groups excluding carboxylic acids is 1. The molecule has 0 spiro atoms. The van der Waals surface area contributed by atoms with Crippen LogP contribution in [-0.4, -0.2) is 22.5 Å². The van der Waals surface area contributed by atoms with Crippen molar-refractivity contribution in [3.8, 4) is 5.88 Å². The average Bonchev–Trinajstić information content (AvgIpc) is 2.63. The van der Waals surface area contributed by atoms with Crippen molar-refractivity contribution in [1.29, 1.82) is 0 Å². The van der Waals surface area contributed by atoms with Gasteiger partial charge >= 0.3 is 0 Å². The summed E-state index contributed by atoms with van der Waals surface area (Å²) in [6.07, 6.45) is 0.765. The van der Waals surface area contributed by atoms with Gasteiger partial charge in [-0.1, -0.05) is 18.5 Å². The van der Waals surface area contributed by atoms with E-state index < -0.39 is 11.7 Å². The lowest BCUT2D eigenvalue weighted by atomic mass is 10.1. The molecule has 0 aliphatic heterocycles. The van der Waals surface area contributed by atoms with E-state index in [1.165, 1.54) is 18.2 Å². The lowest BCUT2D eigenvalue weighted by Gasteiger charge is -2.12. The monoisotopic (exact) mass is 387 g/mol. The molecule has 3 rings (SSSR count). The van der Waals surface area contributed by atoms with Gasteiger partial charge in [-0.25, -0.2) is 14.4 Å². The standard InChI is InChI=1S/C20H19ClFN3O2/c1-4-7-27-20-18(19(26)23-13-5-6-15(22)14(21)10-13)24-16-8-11(2)12(3)9-17(16)25-20/h5-6,8-10H,4,7H2,1-3H3,(H,23,26). The van der Waals surface area contributed by atoms with Gasteiger partial charge < -0.3 is 10.1 Å². The minimum atomic E-state index is -0.557. The molecule has 0 aliphatic carbocycles. The molecule has 0 fully saturated rings. The first-order valence-corrected chi connectivity index (χ1v) is 8.95. The maximum atomic E-state index is 13.3. The zero-order valence-electron chi connectivity index (χ0n) is 15.3. The van der Waals surface area contributed by atoms with Crippen LogP contribution in [0, 0.1) is 19.7 Å². The number of anilines is 1. The van der Waals surface area contributed by atoms with Crippen molar-refractivity contribution in [2.75, 3.05) is 11.9 Å². The Kier molecular flexibility index (Phi) is 5.56. The van der Waals surface area contributed by atoms with Crippen LogP contribution in [0.2, 0.25) is 5.02 Å². The first kappa shape index (κ1) is 19.0. The highest BCUT2D eigenvalue weighted by atomic mass is 35.5. The lowest BCUT2D eigenvalue weighted by molar-refractivity contribution is 0.101. The van der Waals surface area contributed by atoms with Crippen molar-refractivity contribution in [3.63, 3.8) is 0 Å². The van der Waals surface area contributed by atoms with E-state index in [1.54, 1.807) is 0 Å². The predicted molar refractivity (Wildman–Crippen MR) is 104 cm³/mol. The van der Waals surface area contributed by atoms with Crippen LogP contribution < -0.4 is 10.1 Å². The zero-order valence-corrected chi connectivity index (χ0v) is 16.0. The highest BCUT2D eigenvalue weighted by Gasteiger charge is 2.19. The van der Waals surface area contributed by atoms with Gasteiger partial charge in [0.1, 0.15) is 5.82 Å². The summed E-state index contributed by atoms with van der Waals surface area (Å²) < 4.78 is 19.0. The molecule has 1 N–H and O–H groups in total. The van der Waals surface area contributed by atoms with Gasteiger partial charge in [-0.15, -0.1) is 0 Å². The van der Waals surface area contributed by atoms with Gasteiger partial charge in [0.2, 0.25) is 5.88 Å². The molecular weight excluding hydrogens is 369 g/mol. The van der Waals surface area contributed by atoms with Crippen molar-refractivity contribution in [1.82, 2.24) is 9.97 Å². The van der Waals surface area contributed by atoms with Crippen LogP contribution in [0.25, 0.3) is 11.0 Å². The molecule has 5 nitrogen and oxygen atoms in total. The quantitative estimate of drug-likeness (QED) is 0.663. The molecule has 3 aromatic rings. The van der Waals surface area contributed by atoms with E-state index in [2.05, 4.69) is 15.3 Å². The minimum Gasteiger partial charge on any atom is -0.476 e. The number of nitrogens with one attached hydrogen (secondary N) is 1. The van der Waals surface area contributed by atoms with Crippen molar-refractivity contribution >= 4 is 34.2 Å². The first-order valence-electron chi connectivity index (χ1n) is 8.57. The highest BCUT2D eigenvalue weighted by Crippen LogP contribution is 2.24. The van der Waals surface area contributed by atoms with Gasteiger partial charge in [-0.2, -0.15) is 0 Å². The maximum Gasteiger partial charge on any atom is 0.279 e. The molecule has 0 aliphatic rings. The normalized spacial score (nSPS) is 10.9. The van der Waals surface area contributed by atoms with Crippen molar-refractivity contribution in [2.24, 2.45) is 0 Å². The number of halogens is 2. The summed E-state index contributed by atoms with van der Waals surface area (Å²) in [6, 6.07) is 7.74. The summed E-state index contributed by atoms with van der Waals surface area (Å²) in [5, 5.41) is 2.58. The van der Waals surface area contributed by atoms with Gasteiger partial charge in [0.05, 0.1) is 22.7 Å². The Labute approximate surface area is 161 Å². The molecule has 1 amide bonds. The molecule has 0 atom stereocenters. The Morgan fingerprint density at radius 1 is 1.15 bits per heavy atom. The SMILES string of the molecule is CCCOc1nc2cc(C)c(C)cc2nc1C(=O)Nc1ccc(F)c(Cl)c1. The molecule has 0 bridgehead atoms. The summed E-state index contributed by atoms with van der Waals surface area (Å²) in [4.78, 5) is 21.7. The smallest absolute Gasteiger partial charge is 0.279 e. The number of hydrogen-bond donors (Lipinski definition) is 1. The number of rotatable bonds is 5. The molecule has 0 saturated heterocycles. The first-order chi connectivity index (χ1) is 12.9. The summed E-state index contributed by atoms with van der Waals surface area (Å²) >= 11 is 5.77. The number of benzene rings is 2. The van der Waals surface area contributed by atoms with E-state index in [4.69, 9.17) is 16.3 Å². The Bertz CT molecular complexity index is 1020. The zero-order chi connectivity index (χ0) is 19.6. The second-order valence-corrected chi connectivity index (χ2v) is 6.64. The van der Waals surface area contributed by atoms with Crippen molar-refractivity contribution in [3.05, 3.63) is 58.0 Å². The molecule has 2 aromatic carbocycles.